The molecule has 0 atom stereocenters. The van der Waals surface area contributed by atoms with Crippen LogP contribution in [0.25, 0.3) is 0 Å². The van der Waals surface area contributed by atoms with Crippen LogP contribution in [0.15, 0.2) is 54.6 Å². The molecular weight excluding hydrogens is 324 g/mol. The van der Waals surface area contributed by atoms with Crippen LogP contribution in [0.4, 0.5) is 23.3 Å². The molecule has 0 aliphatic heterocycles. The first-order valence-electron chi connectivity index (χ1n) is 7.30. The first-order valence-corrected chi connectivity index (χ1v) is 7.30. The fourth-order valence-electron chi connectivity index (χ4n) is 2.08. The molecule has 9 nitrogen and oxygen atoms in total. The van der Waals surface area contributed by atoms with Crippen molar-refractivity contribution in [3.63, 3.8) is 0 Å². The van der Waals surface area contributed by atoms with Crippen molar-refractivity contribution in [1.82, 2.24) is 15.0 Å². The van der Waals surface area contributed by atoms with E-state index in [9.17, 15) is 10.1 Å². The zero-order valence-electron chi connectivity index (χ0n) is 13.0. The number of nitrogens with two attached hydrogens (primary N) is 1. The van der Waals surface area contributed by atoms with E-state index in [2.05, 4.69) is 20.3 Å². The first-order chi connectivity index (χ1) is 12.1. The maximum absolute atomic E-state index is 11.0. The third kappa shape index (κ3) is 4.16. The number of nitro benzene ring substituents is 1. The van der Waals surface area contributed by atoms with E-state index in [4.69, 9.17) is 10.5 Å². The summed E-state index contributed by atoms with van der Waals surface area (Å²) < 4.78 is 5.47. The highest BCUT2D eigenvalue weighted by Gasteiger charge is 2.14. The van der Waals surface area contributed by atoms with Crippen LogP contribution >= 0.6 is 0 Å². The highest BCUT2D eigenvalue weighted by molar-refractivity contribution is 5.53. The summed E-state index contributed by atoms with van der Waals surface area (Å²) >= 11 is 0. The van der Waals surface area contributed by atoms with Crippen LogP contribution in [0.2, 0.25) is 0 Å². The minimum atomic E-state index is -0.514. The molecule has 3 rings (SSSR count). The van der Waals surface area contributed by atoms with Gasteiger partial charge in [0.1, 0.15) is 6.61 Å². The van der Waals surface area contributed by atoms with E-state index in [1.165, 1.54) is 12.1 Å². The van der Waals surface area contributed by atoms with Gasteiger partial charge in [0, 0.05) is 11.8 Å². The largest absolute Gasteiger partial charge is 0.479 e. The number of nitrogens with one attached hydrogen (secondary N) is 1. The maximum atomic E-state index is 11.0. The van der Waals surface area contributed by atoms with Gasteiger partial charge in [0.25, 0.3) is 0 Å². The lowest BCUT2D eigenvalue weighted by atomic mass is 10.3. The average Bonchev–Trinajstić information content (AvgIpc) is 2.60. The number of hydrogen-bond acceptors (Lipinski definition) is 8. The second-order valence-corrected chi connectivity index (χ2v) is 4.94. The fourth-order valence-corrected chi connectivity index (χ4v) is 2.08. The highest BCUT2D eigenvalue weighted by Crippen LogP contribution is 2.26. The molecule has 0 saturated heterocycles. The van der Waals surface area contributed by atoms with Gasteiger partial charge in [-0.25, -0.2) is 0 Å². The summed E-state index contributed by atoms with van der Waals surface area (Å²) in [7, 11) is 0. The molecule has 0 aliphatic carbocycles. The Morgan fingerprint density at radius 1 is 1.04 bits per heavy atom. The monoisotopic (exact) mass is 338 g/mol. The molecular formula is C16H14N6O3. The standard InChI is InChI=1S/C16H14N6O3/c17-15-19-14(10-25-13-9-5-4-8-12(13)22(23)24)20-16(21-15)18-11-6-2-1-3-7-11/h1-9H,10H2,(H3,17,18,19,20,21). The lowest BCUT2D eigenvalue weighted by Gasteiger charge is -2.08. The summed E-state index contributed by atoms with van der Waals surface area (Å²) in [6.07, 6.45) is 0. The van der Waals surface area contributed by atoms with Crippen molar-refractivity contribution < 1.29 is 9.66 Å². The van der Waals surface area contributed by atoms with Gasteiger partial charge >= 0.3 is 5.69 Å². The number of rotatable bonds is 6. The van der Waals surface area contributed by atoms with Gasteiger partial charge in [-0.15, -0.1) is 0 Å². The van der Waals surface area contributed by atoms with Crippen LogP contribution in [-0.2, 0) is 6.61 Å². The van der Waals surface area contributed by atoms with Crippen LogP contribution in [0.3, 0.4) is 0 Å². The SMILES string of the molecule is Nc1nc(COc2ccccc2[N+](=O)[O-])nc(Nc2ccccc2)n1. The van der Waals surface area contributed by atoms with Crippen LogP contribution in [0.5, 0.6) is 5.75 Å². The van der Waals surface area contributed by atoms with Gasteiger partial charge in [-0.05, 0) is 18.2 Å². The molecule has 0 bridgehead atoms. The number of para-hydroxylation sites is 3. The van der Waals surface area contributed by atoms with Crippen molar-refractivity contribution in [2.24, 2.45) is 0 Å². The Morgan fingerprint density at radius 2 is 1.76 bits per heavy atom. The Hall–Kier alpha value is -3.75. The maximum Gasteiger partial charge on any atom is 0.310 e. The summed E-state index contributed by atoms with van der Waals surface area (Å²) in [5.41, 5.74) is 6.35. The molecule has 25 heavy (non-hydrogen) atoms. The van der Waals surface area contributed by atoms with E-state index in [0.717, 1.165) is 5.69 Å². The van der Waals surface area contributed by atoms with Crippen LogP contribution < -0.4 is 15.8 Å². The van der Waals surface area contributed by atoms with Gasteiger partial charge in [-0.2, -0.15) is 15.0 Å². The number of aromatic nitrogens is 3. The molecule has 0 radical (unpaired) electrons. The molecule has 0 spiro atoms. The molecule has 3 N–H and O–H groups in total. The number of hydrogen-bond donors (Lipinski definition) is 2. The quantitative estimate of drug-likeness (QED) is 0.518. The summed E-state index contributed by atoms with van der Waals surface area (Å²) in [6.45, 7) is -0.0823. The second kappa shape index (κ2) is 7.21. The number of nitro groups is 1. The van der Waals surface area contributed by atoms with Crippen molar-refractivity contribution >= 4 is 23.3 Å². The van der Waals surface area contributed by atoms with Gasteiger partial charge < -0.3 is 15.8 Å². The summed E-state index contributed by atoms with van der Waals surface area (Å²) in [5, 5.41) is 14.0. The van der Waals surface area contributed by atoms with Crippen molar-refractivity contribution in [3.8, 4) is 5.75 Å². The fraction of sp³-hybridized carbons (Fsp3) is 0.0625. The molecule has 0 fully saturated rings. The predicted molar refractivity (Wildman–Crippen MR) is 91.4 cm³/mol. The van der Waals surface area contributed by atoms with Crippen molar-refractivity contribution in [2.75, 3.05) is 11.1 Å². The molecule has 1 heterocycles. The normalized spacial score (nSPS) is 10.2. The Bertz CT molecular complexity index is 888. The third-order valence-corrected chi connectivity index (χ3v) is 3.15. The van der Waals surface area contributed by atoms with Crippen LogP contribution in [0, 0.1) is 10.1 Å². The van der Waals surface area contributed by atoms with E-state index in [-0.39, 0.29) is 35.8 Å². The van der Waals surface area contributed by atoms with E-state index < -0.39 is 4.92 Å². The average molecular weight is 338 g/mol. The van der Waals surface area contributed by atoms with Gasteiger partial charge in [0.05, 0.1) is 4.92 Å². The van der Waals surface area contributed by atoms with Crippen LogP contribution in [-0.4, -0.2) is 19.9 Å². The summed E-state index contributed by atoms with van der Waals surface area (Å²) in [4.78, 5) is 22.7. The minimum Gasteiger partial charge on any atom is -0.479 e. The second-order valence-electron chi connectivity index (χ2n) is 4.94. The highest BCUT2D eigenvalue weighted by atomic mass is 16.6. The van der Waals surface area contributed by atoms with Gasteiger partial charge in [0.15, 0.2) is 11.6 Å². The third-order valence-electron chi connectivity index (χ3n) is 3.15. The summed E-state index contributed by atoms with van der Waals surface area (Å²) in [6, 6.07) is 15.4. The van der Waals surface area contributed by atoms with Gasteiger partial charge in [-0.1, -0.05) is 30.3 Å². The molecule has 2 aromatic carbocycles. The molecule has 0 unspecified atom stereocenters. The Kier molecular flexibility index (Phi) is 4.65. The van der Waals surface area contributed by atoms with Crippen LogP contribution in [0.1, 0.15) is 5.82 Å². The number of benzene rings is 2. The summed E-state index contributed by atoms with van der Waals surface area (Å²) in [5.74, 6) is 0.669. The Labute approximate surface area is 142 Å². The predicted octanol–water partition coefficient (Wildman–Crippen LogP) is 2.68. The molecule has 126 valence electrons. The zero-order chi connectivity index (χ0) is 17.6. The molecule has 0 amide bonds. The lowest BCUT2D eigenvalue weighted by molar-refractivity contribution is -0.385. The number of nitrogen functional groups attached to an aromatic ring is 1. The van der Waals surface area contributed by atoms with E-state index in [1.807, 2.05) is 30.3 Å². The molecule has 9 heteroatoms. The smallest absolute Gasteiger partial charge is 0.310 e. The lowest BCUT2D eigenvalue weighted by Crippen LogP contribution is -2.09. The van der Waals surface area contributed by atoms with Crippen molar-refractivity contribution in [1.29, 1.82) is 0 Å². The number of ether oxygens (including phenoxy) is 1. The molecule has 1 aromatic heterocycles. The topological polar surface area (TPSA) is 129 Å². The molecule has 3 aromatic rings. The number of anilines is 3. The molecule has 0 saturated carbocycles. The Balaban J connectivity index is 1.76. The minimum absolute atomic E-state index is 0.0228. The van der Waals surface area contributed by atoms with Crippen molar-refractivity contribution in [3.05, 3.63) is 70.5 Å². The number of nitrogens with zero attached hydrogens (tertiary/aromatic N) is 4. The Morgan fingerprint density at radius 3 is 2.52 bits per heavy atom. The van der Waals surface area contributed by atoms with Gasteiger partial charge in [-0.3, -0.25) is 10.1 Å². The van der Waals surface area contributed by atoms with E-state index in [1.54, 1.807) is 12.1 Å². The van der Waals surface area contributed by atoms with E-state index in [0.29, 0.717) is 0 Å². The first kappa shape index (κ1) is 16.1. The zero-order valence-corrected chi connectivity index (χ0v) is 13.0. The van der Waals surface area contributed by atoms with E-state index >= 15 is 0 Å². The van der Waals surface area contributed by atoms with Crippen molar-refractivity contribution in [2.45, 2.75) is 6.61 Å². The molecule has 0 aliphatic rings. The van der Waals surface area contributed by atoms with Gasteiger partial charge in [0.2, 0.25) is 11.9 Å².